The van der Waals surface area contributed by atoms with E-state index in [2.05, 4.69) is 12.6 Å². The number of thiol groups is 1. The van der Waals surface area contributed by atoms with Gasteiger partial charge in [-0.2, -0.15) is 0 Å². The van der Waals surface area contributed by atoms with Crippen LogP contribution >= 0.6 is 12.6 Å². The number of rotatable bonds is 3. The van der Waals surface area contributed by atoms with E-state index in [1.54, 1.807) is 6.92 Å². The summed E-state index contributed by atoms with van der Waals surface area (Å²) in [5.41, 5.74) is 0.133. The van der Waals surface area contributed by atoms with E-state index >= 15 is 0 Å². The maximum absolute atomic E-state index is 12.3. The fourth-order valence-electron chi connectivity index (χ4n) is 1.10. The zero-order valence-electron chi connectivity index (χ0n) is 7.63. The molecule has 0 N–H and O–H groups in total. The van der Waals surface area contributed by atoms with E-state index in [1.165, 1.54) is 18.2 Å². The summed E-state index contributed by atoms with van der Waals surface area (Å²) in [6.45, 7) is 1.69. The van der Waals surface area contributed by atoms with Crippen LogP contribution in [-0.2, 0) is 0 Å². The molecule has 0 aliphatic rings. The average molecular weight is 216 g/mol. The van der Waals surface area contributed by atoms with Crippen LogP contribution in [0.3, 0.4) is 0 Å². The molecule has 0 bridgehead atoms. The third-order valence-electron chi connectivity index (χ3n) is 1.89. The first-order valence-corrected chi connectivity index (χ1v) is 4.65. The van der Waals surface area contributed by atoms with Crippen LogP contribution in [0.25, 0.3) is 0 Å². The molecule has 14 heavy (non-hydrogen) atoms. The smallest absolute Gasteiger partial charge is 0.263 e. The first kappa shape index (κ1) is 11.2. The molecule has 0 saturated heterocycles. The van der Waals surface area contributed by atoms with E-state index in [9.17, 15) is 13.6 Å². The molecular formula is C10H10F2OS. The summed E-state index contributed by atoms with van der Waals surface area (Å²) >= 11 is 4.04. The Morgan fingerprint density at radius 3 is 2.64 bits per heavy atom. The van der Waals surface area contributed by atoms with Gasteiger partial charge in [0.15, 0.2) is 5.78 Å². The zero-order valence-corrected chi connectivity index (χ0v) is 8.52. The molecule has 0 fully saturated rings. The number of hydrogen-bond acceptors (Lipinski definition) is 2. The quantitative estimate of drug-likeness (QED) is 0.604. The number of hydrogen-bond donors (Lipinski definition) is 1. The Balaban J connectivity index is 3.15. The minimum Gasteiger partial charge on any atom is -0.294 e. The lowest BCUT2D eigenvalue weighted by molar-refractivity contribution is 0.0985. The Hall–Kier alpha value is -0.900. The van der Waals surface area contributed by atoms with Crippen molar-refractivity contribution in [3.8, 4) is 0 Å². The van der Waals surface area contributed by atoms with E-state index in [1.807, 2.05) is 0 Å². The van der Waals surface area contributed by atoms with Crippen LogP contribution < -0.4 is 0 Å². The largest absolute Gasteiger partial charge is 0.294 e. The number of ketones is 1. The van der Waals surface area contributed by atoms with Gasteiger partial charge in [-0.05, 0) is 12.1 Å². The highest BCUT2D eigenvalue weighted by molar-refractivity contribution is 7.80. The lowest BCUT2D eigenvalue weighted by Crippen LogP contribution is -1.99. The zero-order chi connectivity index (χ0) is 10.7. The van der Waals surface area contributed by atoms with Crippen LogP contribution in [0.1, 0.15) is 35.7 Å². The second-order valence-corrected chi connectivity index (χ2v) is 3.34. The van der Waals surface area contributed by atoms with E-state index in [-0.39, 0.29) is 16.9 Å². The van der Waals surface area contributed by atoms with Gasteiger partial charge in [-0.3, -0.25) is 4.79 Å². The molecule has 0 aliphatic carbocycles. The molecule has 0 spiro atoms. The van der Waals surface area contributed by atoms with Crippen LogP contribution in [0, 0.1) is 0 Å². The molecule has 0 atom stereocenters. The third-order valence-corrected chi connectivity index (χ3v) is 2.28. The molecule has 0 amide bonds. The summed E-state index contributed by atoms with van der Waals surface area (Å²) < 4.78 is 24.6. The van der Waals surface area contributed by atoms with Gasteiger partial charge in [0.05, 0.1) is 0 Å². The Bertz CT molecular complexity index is 350. The predicted molar refractivity (Wildman–Crippen MR) is 53.3 cm³/mol. The standard InChI is InChI=1S/C10H10F2OS/c1-2-8(13)7-5-6(10(11)12)3-4-9(7)14/h3-5,10,14H,2H2,1H3. The second kappa shape index (κ2) is 4.55. The lowest BCUT2D eigenvalue weighted by Gasteiger charge is -2.05. The number of carbonyl (C=O) groups excluding carboxylic acids is 1. The van der Waals surface area contributed by atoms with Crippen LogP contribution in [0.5, 0.6) is 0 Å². The molecule has 76 valence electrons. The molecule has 0 saturated carbocycles. The number of benzene rings is 1. The van der Waals surface area contributed by atoms with Crippen molar-refractivity contribution in [2.24, 2.45) is 0 Å². The van der Waals surface area contributed by atoms with Crippen molar-refractivity contribution >= 4 is 18.4 Å². The fourth-order valence-corrected chi connectivity index (χ4v) is 1.37. The van der Waals surface area contributed by atoms with Gasteiger partial charge in [0.1, 0.15) is 0 Å². The Kier molecular flexibility index (Phi) is 3.63. The highest BCUT2D eigenvalue weighted by Gasteiger charge is 2.12. The molecule has 1 aromatic carbocycles. The number of halogens is 2. The molecule has 0 heterocycles. The molecule has 0 radical (unpaired) electrons. The minimum absolute atomic E-state index is 0.139. The fraction of sp³-hybridized carbons (Fsp3) is 0.300. The van der Waals surface area contributed by atoms with Gasteiger partial charge in [0.25, 0.3) is 6.43 Å². The second-order valence-electron chi connectivity index (χ2n) is 2.85. The average Bonchev–Trinajstić information content (AvgIpc) is 2.17. The molecule has 1 aromatic rings. The van der Waals surface area contributed by atoms with E-state index in [0.717, 1.165) is 0 Å². The lowest BCUT2D eigenvalue weighted by atomic mass is 10.1. The normalized spacial score (nSPS) is 10.6. The maximum Gasteiger partial charge on any atom is 0.263 e. The summed E-state index contributed by atoms with van der Waals surface area (Å²) in [7, 11) is 0. The van der Waals surface area contributed by atoms with Crippen molar-refractivity contribution in [3.63, 3.8) is 0 Å². The Morgan fingerprint density at radius 2 is 2.14 bits per heavy atom. The topological polar surface area (TPSA) is 17.1 Å². The number of carbonyl (C=O) groups is 1. The molecule has 0 aromatic heterocycles. The van der Waals surface area contributed by atoms with Crippen molar-refractivity contribution in [3.05, 3.63) is 29.3 Å². The maximum atomic E-state index is 12.3. The predicted octanol–water partition coefficient (Wildman–Crippen LogP) is 3.51. The van der Waals surface area contributed by atoms with Gasteiger partial charge in [-0.1, -0.05) is 13.0 Å². The van der Waals surface area contributed by atoms with Crippen molar-refractivity contribution < 1.29 is 13.6 Å². The van der Waals surface area contributed by atoms with Crippen molar-refractivity contribution in [1.29, 1.82) is 0 Å². The van der Waals surface area contributed by atoms with Crippen LogP contribution in [0.2, 0.25) is 0 Å². The molecule has 1 rings (SSSR count). The highest BCUT2D eigenvalue weighted by atomic mass is 32.1. The SMILES string of the molecule is CCC(=O)c1cc(C(F)F)ccc1S. The highest BCUT2D eigenvalue weighted by Crippen LogP contribution is 2.24. The number of Topliss-reactive ketones (excluding diaryl/α,β-unsaturated/α-hetero) is 1. The van der Waals surface area contributed by atoms with Crippen molar-refractivity contribution in [1.82, 2.24) is 0 Å². The van der Waals surface area contributed by atoms with Crippen LogP contribution in [0.15, 0.2) is 23.1 Å². The summed E-state index contributed by atoms with van der Waals surface area (Å²) in [4.78, 5) is 11.8. The molecule has 1 nitrogen and oxygen atoms in total. The third kappa shape index (κ3) is 2.32. The Labute approximate surface area is 86.5 Å². The van der Waals surface area contributed by atoms with E-state index < -0.39 is 6.43 Å². The summed E-state index contributed by atoms with van der Waals surface area (Å²) in [5.74, 6) is -0.169. The molecule has 4 heteroatoms. The van der Waals surface area contributed by atoms with Gasteiger partial charge in [-0.25, -0.2) is 8.78 Å². The van der Waals surface area contributed by atoms with Gasteiger partial charge in [0.2, 0.25) is 0 Å². The van der Waals surface area contributed by atoms with Crippen molar-refractivity contribution in [2.75, 3.05) is 0 Å². The van der Waals surface area contributed by atoms with Crippen molar-refractivity contribution in [2.45, 2.75) is 24.7 Å². The summed E-state index contributed by atoms with van der Waals surface area (Å²) in [6, 6.07) is 3.91. The van der Waals surface area contributed by atoms with Gasteiger partial charge in [-0.15, -0.1) is 12.6 Å². The first-order chi connectivity index (χ1) is 6.56. The molecular weight excluding hydrogens is 206 g/mol. The summed E-state index contributed by atoms with van der Waals surface area (Å²) in [6.07, 6.45) is -2.26. The Morgan fingerprint density at radius 1 is 1.50 bits per heavy atom. The van der Waals surface area contributed by atoms with Gasteiger partial charge < -0.3 is 0 Å². The van der Waals surface area contributed by atoms with Gasteiger partial charge >= 0.3 is 0 Å². The summed E-state index contributed by atoms with van der Waals surface area (Å²) in [5, 5.41) is 0. The minimum atomic E-state index is -2.55. The first-order valence-electron chi connectivity index (χ1n) is 4.20. The molecule has 0 unspecified atom stereocenters. The van der Waals surface area contributed by atoms with Crippen LogP contribution in [0.4, 0.5) is 8.78 Å². The van der Waals surface area contributed by atoms with Gasteiger partial charge in [0, 0.05) is 22.4 Å². The van der Waals surface area contributed by atoms with Crippen LogP contribution in [-0.4, -0.2) is 5.78 Å². The monoisotopic (exact) mass is 216 g/mol. The number of alkyl halides is 2. The van der Waals surface area contributed by atoms with E-state index in [0.29, 0.717) is 11.3 Å². The molecule has 0 aliphatic heterocycles. The van der Waals surface area contributed by atoms with E-state index in [4.69, 9.17) is 0 Å².